The number of nitrogens with zero attached hydrogens (tertiary/aromatic N) is 4. The maximum atomic E-state index is 14.2. The van der Waals surface area contributed by atoms with E-state index in [0.717, 1.165) is 50.0 Å². The van der Waals surface area contributed by atoms with Crippen LogP contribution >= 0.6 is 11.3 Å². The van der Waals surface area contributed by atoms with Gasteiger partial charge >= 0.3 is 29.6 Å². The van der Waals surface area contributed by atoms with E-state index in [-0.39, 0.29) is 69.7 Å². The van der Waals surface area contributed by atoms with Gasteiger partial charge in [-0.05, 0) is 111 Å². The third-order valence-corrected chi connectivity index (χ3v) is 10.8. The quantitative estimate of drug-likeness (QED) is 0.310. The average molecular weight is 685 g/mol. The molecular weight excluding hydrogens is 635 g/mol. The fourth-order valence-electron chi connectivity index (χ4n) is 6.95. The third-order valence-electron chi connectivity index (χ3n) is 9.78. The molecule has 2 aliphatic carbocycles. The molecule has 9 nitrogen and oxygen atoms in total. The number of carbonyl (C=O) groups excluding carboxylic acids is 3. The third kappa shape index (κ3) is 9.63. The predicted molar refractivity (Wildman–Crippen MR) is 182 cm³/mol. The molecular formula is C37H49N4NaO5S. The number of anilines is 1. The molecule has 11 heteroatoms. The van der Waals surface area contributed by atoms with Crippen LogP contribution in [0.25, 0.3) is 0 Å². The van der Waals surface area contributed by atoms with E-state index in [1.165, 1.54) is 0 Å². The zero-order chi connectivity index (χ0) is 33.9. The van der Waals surface area contributed by atoms with E-state index in [4.69, 9.17) is 4.74 Å². The van der Waals surface area contributed by atoms with Gasteiger partial charge in [-0.2, -0.15) is 0 Å². The molecule has 254 valence electrons. The number of likely N-dealkylation sites (N-methyl/N-ethyl adjacent to an activating group) is 1. The minimum atomic E-state index is -1.28. The minimum Gasteiger partial charge on any atom is -0.544 e. The number of hydrogen-bond acceptors (Lipinski definition) is 8. The molecule has 1 unspecified atom stereocenters. The maximum absolute atomic E-state index is 14.2. The number of ether oxygens (including phenoxy) is 1. The summed E-state index contributed by atoms with van der Waals surface area (Å²) in [5, 5.41) is 12.4. The second-order valence-electron chi connectivity index (χ2n) is 14.9. The van der Waals surface area contributed by atoms with Crippen molar-refractivity contribution in [3.8, 4) is 17.7 Å². The number of hydrogen-bond donors (Lipinski definition) is 0. The summed E-state index contributed by atoms with van der Waals surface area (Å²) < 4.78 is 6.31. The predicted octanol–water partition coefficient (Wildman–Crippen LogP) is 2.23. The first-order valence-corrected chi connectivity index (χ1v) is 17.9. The number of carboxylic acid groups (broad SMARTS) is 1. The zero-order valence-corrected chi connectivity index (χ0v) is 32.5. The Morgan fingerprint density at radius 2 is 1.69 bits per heavy atom. The van der Waals surface area contributed by atoms with Crippen LogP contribution in [0.4, 0.5) is 5.69 Å². The molecule has 3 fully saturated rings. The molecule has 1 saturated heterocycles. The number of thiophene rings is 1. The van der Waals surface area contributed by atoms with Crippen molar-refractivity contribution in [3.05, 3.63) is 39.7 Å². The van der Waals surface area contributed by atoms with Gasteiger partial charge in [-0.3, -0.25) is 9.59 Å². The van der Waals surface area contributed by atoms with Gasteiger partial charge in [0, 0.05) is 54.3 Å². The van der Waals surface area contributed by atoms with Crippen LogP contribution in [0.3, 0.4) is 0 Å². The van der Waals surface area contributed by atoms with Gasteiger partial charge in [0.25, 0.3) is 5.91 Å². The van der Waals surface area contributed by atoms with Crippen molar-refractivity contribution in [2.75, 3.05) is 32.1 Å². The summed E-state index contributed by atoms with van der Waals surface area (Å²) in [6.07, 6.45) is 8.72. The summed E-state index contributed by atoms with van der Waals surface area (Å²) in [6, 6.07) is 5.43. The van der Waals surface area contributed by atoms with Crippen molar-refractivity contribution in [2.45, 2.75) is 104 Å². The van der Waals surface area contributed by atoms with Crippen LogP contribution in [0.5, 0.6) is 5.88 Å². The number of aromatic nitrogens is 1. The summed E-state index contributed by atoms with van der Waals surface area (Å²) >= 11 is 1.09. The van der Waals surface area contributed by atoms with E-state index < -0.39 is 5.97 Å². The molecule has 0 aromatic carbocycles. The molecule has 2 saturated carbocycles. The molecule has 5 rings (SSSR count). The Bertz CT molecular complexity index is 1510. The van der Waals surface area contributed by atoms with Crippen molar-refractivity contribution in [1.29, 1.82) is 0 Å². The van der Waals surface area contributed by atoms with E-state index in [9.17, 15) is 19.5 Å². The van der Waals surface area contributed by atoms with Gasteiger partial charge in [0.05, 0.1) is 21.4 Å². The number of likely N-dealkylation sites (tertiary alicyclic amines) is 1. The summed E-state index contributed by atoms with van der Waals surface area (Å²) in [5.41, 5.74) is 0.732. The molecule has 3 heterocycles. The number of carboxylic acids is 1. The Kier molecular flexibility index (Phi) is 13.2. The molecule has 0 spiro atoms. The summed E-state index contributed by atoms with van der Waals surface area (Å²) in [4.78, 5) is 50.8. The number of amides is 2. The molecule has 2 amide bonds. The smallest absolute Gasteiger partial charge is 0.544 e. The second-order valence-corrected chi connectivity index (χ2v) is 15.9. The van der Waals surface area contributed by atoms with Crippen LogP contribution in [0, 0.1) is 29.1 Å². The second kappa shape index (κ2) is 16.5. The number of rotatable bonds is 8. The summed E-state index contributed by atoms with van der Waals surface area (Å²) in [5.74, 6) is 5.91. The van der Waals surface area contributed by atoms with E-state index in [1.54, 1.807) is 29.3 Å². The number of carbonyl (C=O) groups is 3. The first-order chi connectivity index (χ1) is 22.3. The molecule has 2 aromatic heterocycles. The van der Waals surface area contributed by atoms with Crippen molar-refractivity contribution >= 4 is 34.8 Å². The first-order valence-electron chi connectivity index (χ1n) is 17.1. The van der Waals surface area contributed by atoms with Gasteiger partial charge < -0.3 is 29.3 Å². The van der Waals surface area contributed by atoms with Crippen molar-refractivity contribution in [3.63, 3.8) is 0 Å². The van der Waals surface area contributed by atoms with Crippen LogP contribution in [0.15, 0.2) is 24.4 Å². The van der Waals surface area contributed by atoms with Crippen LogP contribution in [0.1, 0.15) is 110 Å². The Labute approximate surface area is 312 Å². The normalized spacial score (nSPS) is 24.3. The largest absolute Gasteiger partial charge is 1.00 e. The van der Waals surface area contributed by atoms with Gasteiger partial charge in [-0.1, -0.05) is 18.8 Å². The monoisotopic (exact) mass is 684 g/mol. The molecule has 48 heavy (non-hydrogen) atoms. The Morgan fingerprint density at radius 1 is 1.00 bits per heavy atom. The zero-order valence-electron chi connectivity index (χ0n) is 29.7. The van der Waals surface area contributed by atoms with Gasteiger partial charge in [0.15, 0.2) is 0 Å². The van der Waals surface area contributed by atoms with Crippen molar-refractivity contribution < 1.29 is 53.8 Å². The van der Waals surface area contributed by atoms with Gasteiger partial charge in [-0.15, -0.1) is 11.3 Å². The topological polar surface area (TPSA) is 106 Å². The molecule has 3 aliphatic rings. The molecule has 0 N–H and O–H groups in total. The van der Waals surface area contributed by atoms with Crippen LogP contribution in [-0.4, -0.2) is 77.9 Å². The average Bonchev–Trinajstić information content (AvgIpc) is 3.69. The van der Waals surface area contributed by atoms with Gasteiger partial charge in [0.2, 0.25) is 11.8 Å². The molecule has 1 atom stereocenters. The standard InChI is InChI=1S/C37H50N4O5S.Na/c1-24-7-9-25(10-8-24)35(43)41(31-22-30(15-18-37(2,3)4)47-33(31)36(44)45)27-11-13-29(14-12-27)46-32-21-26(16-19-38-32)34(42)40-20-17-28(23-40)39(5)6;/h16,19,21-22,24-25,27-29H,7-14,17,20,23H2,1-6H3,(H,44,45);/q;+1/p-1. The van der Waals surface area contributed by atoms with Gasteiger partial charge in [0.1, 0.15) is 6.10 Å². The van der Waals surface area contributed by atoms with Gasteiger partial charge in [-0.25, -0.2) is 4.98 Å². The molecule has 0 bridgehead atoms. The molecule has 0 radical (unpaired) electrons. The minimum absolute atomic E-state index is 0. The SMILES string of the molecule is CC1CCC(C(=O)N(c2cc(C#CC(C)(C)C)sc2C(=O)[O-])C2CCC(Oc3cc(C(=O)N4CCC(N(C)C)C4)ccn3)CC2)CC1.[Na+]. The van der Waals surface area contributed by atoms with E-state index in [2.05, 4.69) is 28.6 Å². The van der Waals surface area contributed by atoms with E-state index in [1.807, 2.05) is 39.8 Å². The number of pyridine rings is 1. The Morgan fingerprint density at radius 3 is 2.29 bits per heavy atom. The van der Waals surface area contributed by atoms with Crippen LogP contribution in [0.2, 0.25) is 0 Å². The van der Waals surface area contributed by atoms with E-state index in [0.29, 0.717) is 66.2 Å². The van der Waals surface area contributed by atoms with Crippen molar-refractivity contribution in [2.24, 2.45) is 17.3 Å². The summed E-state index contributed by atoms with van der Waals surface area (Å²) in [7, 11) is 4.08. The fraction of sp³-hybridized carbons (Fsp3) is 0.622. The molecule has 2 aromatic rings. The fourth-order valence-corrected chi connectivity index (χ4v) is 7.78. The Hall–Kier alpha value is -2.42. The summed E-state index contributed by atoms with van der Waals surface area (Å²) in [6.45, 7) is 9.68. The first kappa shape index (κ1) is 38.4. The molecule has 1 aliphatic heterocycles. The number of aromatic carboxylic acids is 1. The maximum Gasteiger partial charge on any atom is 1.00 e. The van der Waals surface area contributed by atoms with Crippen molar-refractivity contribution in [1.82, 2.24) is 14.8 Å². The Balaban J connectivity index is 0.00000520. The van der Waals surface area contributed by atoms with E-state index >= 15 is 0 Å². The van der Waals surface area contributed by atoms with Crippen LogP contribution in [-0.2, 0) is 4.79 Å². The van der Waals surface area contributed by atoms with Crippen LogP contribution < -0.4 is 44.3 Å².